The average Bonchev–Trinajstić information content (AvgIpc) is 2.61. The molecule has 1 unspecified atom stereocenters. The third-order valence-corrected chi connectivity index (χ3v) is 4.06. The van der Waals surface area contributed by atoms with Crippen molar-refractivity contribution in [3.63, 3.8) is 0 Å². The maximum Gasteiger partial charge on any atom is 0.284 e. The molecule has 7 nitrogen and oxygen atoms in total. The molecule has 25 heavy (non-hydrogen) atoms. The molecule has 8 heteroatoms. The first-order valence-electron chi connectivity index (χ1n) is 7.66. The van der Waals surface area contributed by atoms with Gasteiger partial charge in [-0.05, 0) is 23.8 Å². The van der Waals surface area contributed by atoms with E-state index in [0.717, 1.165) is 0 Å². The number of nitro benzene ring substituents is 1. The molecule has 1 saturated heterocycles. The summed E-state index contributed by atoms with van der Waals surface area (Å²) in [5.41, 5.74) is 5.99. The van der Waals surface area contributed by atoms with Crippen LogP contribution in [0.25, 0.3) is 0 Å². The van der Waals surface area contributed by atoms with E-state index in [2.05, 4.69) is 0 Å². The fourth-order valence-corrected chi connectivity index (χ4v) is 2.84. The van der Waals surface area contributed by atoms with Crippen molar-refractivity contribution in [2.45, 2.75) is 6.10 Å². The van der Waals surface area contributed by atoms with Gasteiger partial charge in [0.2, 0.25) is 0 Å². The van der Waals surface area contributed by atoms with E-state index in [1.54, 1.807) is 12.1 Å². The van der Waals surface area contributed by atoms with Crippen LogP contribution in [0.2, 0.25) is 0 Å². The molecule has 1 aliphatic heterocycles. The lowest BCUT2D eigenvalue weighted by Crippen LogP contribution is -2.42. The highest BCUT2D eigenvalue weighted by atomic mass is 19.1. The number of benzene rings is 2. The molecule has 0 aromatic heterocycles. The van der Waals surface area contributed by atoms with Crippen LogP contribution in [-0.4, -0.2) is 35.4 Å². The predicted octanol–water partition coefficient (Wildman–Crippen LogP) is 2.53. The van der Waals surface area contributed by atoms with Gasteiger partial charge in [-0.3, -0.25) is 14.9 Å². The van der Waals surface area contributed by atoms with Gasteiger partial charge in [-0.15, -0.1) is 0 Å². The summed E-state index contributed by atoms with van der Waals surface area (Å²) < 4.78 is 19.0. The number of rotatable bonds is 3. The first-order chi connectivity index (χ1) is 12.0. The molecule has 130 valence electrons. The first-order valence-corrected chi connectivity index (χ1v) is 7.66. The van der Waals surface area contributed by atoms with Crippen molar-refractivity contribution in [1.82, 2.24) is 4.90 Å². The summed E-state index contributed by atoms with van der Waals surface area (Å²) in [7, 11) is 0. The van der Waals surface area contributed by atoms with Crippen LogP contribution in [0.3, 0.4) is 0 Å². The number of nitrogens with two attached hydrogens (primary N) is 1. The van der Waals surface area contributed by atoms with E-state index in [4.69, 9.17) is 10.5 Å². The number of hydrogen-bond donors (Lipinski definition) is 1. The zero-order valence-corrected chi connectivity index (χ0v) is 13.2. The molecule has 2 aromatic rings. The van der Waals surface area contributed by atoms with Gasteiger partial charge in [0.25, 0.3) is 11.6 Å². The maximum atomic E-state index is 13.4. The van der Waals surface area contributed by atoms with Gasteiger partial charge < -0.3 is 15.4 Å². The van der Waals surface area contributed by atoms with E-state index in [9.17, 15) is 19.3 Å². The third-order valence-electron chi connectivity index (χ3n) is 4.06. The molecule has 2 N–H and O–H groups in total. The molecule has 1 amide bonds. The molecular weight excluding hydrogens is 329 g/mol. The summed E-state index contributed by atoms with van der Waals surface area (Å²) in [4.78, 5) is 24.8. The Bertz CT molecular complexity index is 827. The molecule has 0 bridgehead atoms. The number of nitrogens with zero attached hydrogens (tertiary/aromatic N) is 2. The Kier molecular flexibility index (Phi) is 4.62. The summed E-state index contributed by atoms with van der Waals surface area (Å²) in [6.45, 7) is 0.678. The molecule has 0 spiro atoms. The smallest absolute Gasteiger partial charge is 0.284 e. The van der Waals surface area contributed by atoms with Crippen LogP contribution in [0.4, 0.5) is 15.8 Å². The number of carbonyl (C=O) groups excluding carboxylic acids is 1. The van der Waals surface area contributed by atoms with E-state index < -0.39 is 22.8 Å². The fraction of sp³-hybridized carbons (Fsp3) is 0.235. The van der Waals surface area contributed by atoms with Gasteiger partial charge in [0.1, 0.15) is 17.5 Å². The molecule has 1 aliphatic rings. The van der Waals surface area contributed by atoms with Crippen LogP contribution in [-0.2, 0) is 4.74 Å². The Morgan fingerprint density at radius 2 is 2.08 bits per heavy atom. The van der Waals surface area contributed by atoms with Crippen LogP contribution in [0.5, 0.6) is 0 Å². The number of ether oxygens (including phenoxy) is 1. The number of halogens is 1. The number of nitrogen functional groups attached to an aromatic ring is 1. The Morgan fingerprint density at radius 3 is 2.80 bits per heavy atom. The summed E-state index contributed by atoms with van der Waals surface area (Å²) in [6.07, 6.45) is -0.502. The van der Waals surface area contributed by atoms with Crippen molar-refractivity contribution in [2.24, 2.45) is 0 Å². The highest BCUT2D eigenvalue weighted by Crippen LogP contribution is 2.29. The lowest BCUT2D eigenvalue weighted by atomic mass is 10.1. The Morgan fingerprint density at radius 1 is 1.32 bits per heavy atom. The topological polar surface area (TPSA) is 98.7 Å². The van der Waals surface area contributed by atoms with Crippen molar-refractivity contribution >= 4 is 17.3 Å². The molecule has 1 fully saturated rings. The summed E-state index contributed by atoms with van der Waals surface area (Å²) in [5.74, 6) is -0.929. The van der Waals surface area contributed by atoms with E-state index >= 15 is 0 Å². The minimum Gasteiger partial charge on any atom is -0.398 e. The van der Waals surface area contributed by atoms with E-state index in [0.29, 0.717) is 5.56 Å². The first kappa shape index (κ1) is 16.8. The number of morpholine rings is 1. The number of hydrogen-bond acceptors (Lipinski definition) is 5. The average molecular weight is 345 g/mol. The predicted molar refractivity (Wildman–Crippen MR) is 88.5 cm³/mol. The molecule has 3 rings (SSSR count). The highest BCUT2D eigenvalue weighted by molar-refractivity contribution is 6.03. The Balaban J connectivity index is 1.87. The largest absolute Gasteiger partial charge is 0.398 e. The lowest BCUT2D eigenvalue weighted by Gasteiger charge is -2.33. The van der Waals surface area contributed by atoms with Crippen molar-refractivity contribution in [2.75, 3.05) is 25.4 Å². The summed E-state index contributed by atoms with van der Waals surface area (Å²) >= 11 is 0. The molecule has 2 aromatic carbocycles. The van der Waals surface area contributed by atoms with Gasteiger partial charge in [0, 0.05) is 12.6 Å². The second-order valence-electron chi connectivity index (χ2n) is 5.66. The lowest BCUT2D eigenvalue weighted by molar-refractivity contribution is -0.385. The number of anilines is 1. The Labute approximate surface area is 143 Å². The molecule has 1 atom stereocenters. The quantitative estimate of drug-likeness (QED) is 0.523. The monoisotopic (exact) mass is 345 g/mol. The van der Waals surface area contributed by atoms with Gasteiger partial charge in [-0.2, -0.15) is 0 Å². The fourth-order valence-electron chi connectivity index (χ4n) is 2.84. The molecular formula is C17H16FN3O4. The van der Waals surface area contributed by atoms with Crippen molar-refractivity contribution < 1.29 is 18.8 Å². The second kappa shape index (κ2) is 6.86. The third kappa shape index (κ3) is 3.43. The van der Waals surface area contributed by atoms with Gasteiger partial charge in [-0.25, -0.2) is 4.39 Å². The van der Waals surface area contributed by atoms with Crippen LogP contribution >= 0.6 is 0 Å². The standard InChI is InChI=1S/C17H16FN3O4/c18-12-4-1-3-11(9-12)15-10-20(7-8-25-15)17(22)16-13(19)5-2-6-14(16)21(23)24/h1-6,9,15H,7-8,10,19H2. The van der Waals surface area contributed by atoms with Crippen molar-refractivity contribution in [3.05, 3.63) is 69.5 Å². The van der Waals surface area contributed by atoms with E-state index in [-0.39, 0.29) is 36.6 Å². The van der Waals surface area contributed by atoms with Crippen molar-refractivity contribution in [1.29, 1.82) is 0 Å². The van der Waals surface area contributed by atoms with E-state index in [1.807, 2.05) is 0 Å². The second-order valence-corrected chi connectivity index (χ2v) is 5.66. The van der Waals surface area contributed by atoms with Gasteiger partial charge >= 0.3 is 0 Å². The number of amides is 1. The van der Waals surface area contributed by atoms with Crippen LogP contribution < -0.4 is 5.73 Å². The minimum atomic E-state index is -0.631. The Hall–Kier alpha value is -3.00. The zero-order chi connectivity index (χ0) is 18.0. The molecule has 0 saturated carbocycles. The number of nitro groups is 1. The van der Waals surface area contributed by atoms with Gasteiger partial charge in [-0.1, -0.05) is 18.2 Å². The maximum absolute atomic E-state index is 13.4. The van der Waals surface area contributed by atoms with Crippen molar-refractivity contribution in [3.8, 4) is 0 Å². The summed E-state index contributed by atoms with van der Waals surface area (Å²) in [5, 5.41) is 11.2. The van der Waals surface area contributed by atoms with Crippen LogP contribution in [0.1, 0.15) is 22.0 Å². The SMILES string of the molecule is Nc1cccc([N+](=O)[O-])c1C(=O)N1CCOC(c2cccc(F)c2)C1. The van der Waals surface area contributed by atoms with Crippen LogP contribution in [0.15, 0.2) is 42.5 Å². The molecule has 1 heterocycles. The van der Waals surface area contributed by atoms with E-state index in [1.165, 1.54) is 35.2 Å². The summed E-state index contributed by atoms with van der Waals surface area (Å²) in [6, 6.07) is 10.1. The van der Waals surface area contributed by atoms with Gasteiger partial charge in [0.05, 0.1) is 23.8 Å². The highest BCUT2D eigenvalue weighted by Gasteiger charge is 2.31. The molecule has 0 radical (unpaired) electrons. The normalized spacial score (nSPS) is 17.3. The zero-order valence-electron chi connectivity index (χ0n) is 13.2. The minimum absolute atomic E-state index is 0.0491. The van der Waals surface area contributed by atoms with Gasteiger partial charge in [0.15, 0.2) is 0 Å². The molecule has 0 aliphatic carbocycles. The van der Waals surface area contributed by atoms with Crippen LogP contribution in [0, 0.1) is 15.9 Å². The number of carbonyl (C=O) groups is 1.